The number of ether oxygens (including phenoxy) is 3. The van der Waals surface area contributed by atoms with E-state index in [0.717, 1.165) is 51.1 Å². The molecular formula is C51H67N7O8. The number of aromatic hydroxyl groups is 1. The molecule has 0 saturated carbocycles. The number of nitrogens with one attached hydrogen (secondary N) is 2. The Balaban J connectivity index is 1.19. The maximum atomic E-state index is 14.8. The first-order valence-electron chi connectivity index (χ1n) is 23.7. The lowest BCUT2D eigenvalue weighted by atomic mass is 9.84. The quantitative estimate of drug-likeness (QED) is 0.178. The maximum Gasteiger partial charge on any atom is 0.324 e. The SMILES string of the molecule is CCn1c(-c2cccnc2[C@H](C)OC)c2c3cc(ccc31)-c1cc(O)cc(c1)C[C@H](NC(=O)[C@H](C(C)C)N(C)C(=O)[C@H]1C[C@@H]3COCCN3C1)C(=O)N1CCC[C@H](N1)C(=O)OCC(C)(C)C2. The fourth-order valence-corrected chi connectivity index (χ4v) is 10.7. The van der Waals surface area contributed by atoms with Crippen LogP contribution in [0.15, 0.2) is 54.7 Å². The molecule has 66 heavy (non-hydrogen) atoms. The molecule has 0 radical (unpaired) electrons. The monoisotopic (exact) mass is 906 g/mol. The number of nitrogens with zero attached hydrogens (tertiary/aromatic N) is 5. The molecule has 6 bridgehead atoms. The normalized spacial score (nSPS) is 23.5. The zero-order valence-corrected chi connectivity index (χ0v) is 39.8. The van der Waals surface area contributed by atoms with E-state index >= 15 is 0 Å². The fourth-order valence-electron chi connectivity index (χ4n) is 10.7. The molecule has 6 atom stereocenters. The molecule has 2 aromatic heterocycles. The van der Waals surface area contributed by atoms with Crippen LogP contribution in [-0.4, -0.2) is 131 Å². The lowest BCUT2D eigenvalue weighted by molar-refractivity contribution is -0.155. The van der Waals surface area contributed by atoms with Crippen molar-refractivity contribution in [1.82, 2.24) is 35.1 Å². The van der Waals surface area contributed by atoms with Gasteiger partial charge in [0.2, 0.25) is 11.8 Å². The molecule has 4 aromatic rings. The van der Waals surface area contributed by atoms with E-state index in [-0.39, 0.29) is 48.7 Å². The Morgan fingerprint density at radius 1 is 1.09 bits per heavy atom. The van der Waals surface area contributed by atoms with Crippen molar-refractivity contribution in [1.29, 1.82) is 0 Å². The largest absolute Gasteiger partial charge is 0.508 e. The first-order chi connectivity index (χ1) is 31.6. The Morgan fingerprint density at radius 3 is 2.64 bits per heavy atom. The summed E-state index contributed by atoms with van der Waals surface area (Å²) in [5.74, 6) is -2.00. The van der Waals surface area contributed by atoms with Gasteiger partial charge in [-0.3, -0.25) is 34.1 Å². The zero-order valence-electron chi connectivity index (χ0n) is 39.8. The summed E-state index contributed by atoms with van der Waals surface area (Å²) in [6.45, 7) is 15.8. The van der Waals surface area contributed by atoms with Crippen LogP contribution in [0.1, 0.15) is 83.7 Å². The standard InChI is InChI=1S/C51H67N7O8/c1-9-57-43-15-14-33-25-39(43)40(46(57)38-12-10-16-52-44(38)31(4)64-8)26-51(5,6)29-66-50(63)41-13-11-17-58(54-41)49(62)42(22-32-20-34(33)24-37(59)21-32)53-47(60)45(30(2)3)55(7)48(61)35-23-36-28-65-19-18-56(36)27-35/h10,12,14-16,20-21,24-25,30-31,35-36,41-42,45,54,59H,9,11,13,17-19,22-23,26-29H2,1-8H3,(H,53,60)/t31-,35-,36+,41-,42-,45-/m0/s1. The second-order valence-electron chi connectivity index (χ2n) is 19.8. The first-order valence-corrected chi connectivity index (χ1v) is 23.7. The van der Waals surface area contributed by atoms with Gasteiger partial charge in [0, 0.05) is 80.9 Å². The van der Waals surface area contributed by atoms with Crippen LogP contribution in [0.3, 0.4) is 0 Å². The highest BCUT2D eigenvalue weighted by atomic mass is 16.5. The molecule has 354 valence electrons. The molecule has 2 aromatic carbocycles. The number of carbonyl (C=O) groups excluding carboxylic acids is 4. The number of pyridine rings is 1. The molecule has 3 N–H and O–H groups in total. The number of rotatable bonds is 9. The van der Waals surface area contributed by atoms with Gasteiger partial charge in [0.15, 0.2) is 0 Å². The Hall–Kier alpha value is -5.35. The molecular weight excluding hydrogens is 839 g/mol. The average molecular weight is 906 g/mol. The van der Waals surface area contributed by atoms with Crippen molar-refractivity contribution < 1.29 is 38.5 Å². The number of amides is 3. The van der Waals surface area contributed by atoms with Gasteiger partial charge in [0.05, 0.1) is 43.2 Å². The molecule has 0 aliphatic carbocycles. The van der Waals surface area contributed by atoms with Crippen molar-refractivity contribution in [2.24, 2.45) is 17.3 Å². The summed E-state index contributed by atoms with van der Waals surface area (Å²) in [5.41, 5.74) is 9.72. The number of methoxy groups -OCH3 is 1. The van der Waals surface area contributed by atoms with E-state index in [0.29, 0.717) is 64.1 Å². The summed E-state index contributed by atoms with van der Waals surface area (Å²) in [5, 5.41) is 16.8. The average Bonchev–Trinajstić information content (AvgIpc) is 3.87. The van der Waals surface area contributed by atoms with Crippen LogP contribution in [0, 0.1) is 17.3 Å². The van der Waals surface area contributed by atoms with Gasteiger partial charge in [0.25, 0.3) is 5.91 Å². The van der Waals surface area contributed by atoms with Crippen LogP contribution in [0.4, 0.5) is 0 Å². The van der Waals surface area contributed by atoms with Gasteiger partial charge in [-0.15, -0.1) is 0 Å². The minimum absolute atomic E-state index is 0.0128. The number of benzene rings is 2. The van der Waals surface area contributed by atoms with Crippen LogP contribution in [0.2, 0.25) is 0 Å². The Bertz CT molecular complexity index is 2450. The predicted octanol–water partition coefficient (Wildman–Crippen LogP) is 5.66. The van der Waals surface area contributed by atoms with Crippen molar-refractivity contribution in [3.8, 4) is 28.1 Å². The second kappa shape index (κ2) is 19.5. The van der Waals surface area contributed by atoms with Gasteiger partial charge >= 0.3 is 5.97 Å². The number of likely N-dealkylation sites (N-methyl/N-ethyl adjacent to an activating group) is 1. The topological polar surface area (TPSA) is 168 Å². The maximum absolute atomic E-state index is 14.8. The Morgan fingerprint density at radius 2 is 1.89 bits per heavy atom. The molecule has 15 heteroatoms. The van der Waals surface area contributed by atoms with Gasteiger partial charge in [0.1, 0.15) is 23.9 Å². The van der Waals surface area contributed by atoms with Gasteiger partial charge in [-0.2, -0.15) is 0 Å². The highest BCUT2D eigenvalue weighted by Crippen LogP contribution is 2.42. The molecule has 6 heterocycles. The molecule has 0 spiro atoms. The number of aryl methyl sites for hydroxylation is 1. The fraction of sp³-hybridized carbons (Fsp3) is 0.549. The lowest BCUT2D eigenvalue weighted by Gasteiger charge is -2.37. The van der Waals surface area contributed by atoms with Crippen molar-refractivity contribution in [2.75, 3.05) is 53.6 Å². The van der Waals surface area contributed by atoms with E-state index in [1.165, 1.54) is 5.01 Å². The molecule has 15 nitrogen and oxygen atoms in total. The smallest absolute Gasteiger partial charge is 0.324 e. The number of hydrazine groups is 1. The van der Waals surface area contributed by atoms with Crippen LogP contribution in [-0.2, 0) is 52.8 Å². The summed E-state index contributed by atoms with van der Waals surface area (Å²) < 4.78 is 19.9. The molecule has 3 saturated heterocycles. The summed E-state index contributed by atoms with van der Waals surface area (Å²) in [7, 11) is 3.35. The van der Waals surface area contributed by atoms with E-state index in [1.54, 1.807) is 37.4 Å². The lowest BCUT2D eigenvalue weighted by Crippen LogP contribution is -2.62. The molecule has 8 rings (SSSR count). The number of morpholine rings is 1. The van der Waals surface area contributed by atoms with Crippen molar-refractivity contribution in [3.63, 3.8) is 0 Å². The highest BCUT2D eigenvalue weighted by molar-refractivity contribution is 5.96. The summed E-state index contributed by atoms with van der Waals surface area (Å²) in [4.78, 5) is 66.0. The van der Waals surface area contributed by atoms with E-state index in [9.17, 15) is 24.3 Å². The van der Waals surface area contributed by atoms with Crippen LogP contribution in [0.5, 0.6) is 5.75 Å². The van der Waals surface area contributed by atoms with Crippen LogP contribution < -0.4 is 10.7 Å². The molecule has 4 aliphatic heterocycles. The van der Waals surface area contributed by atoms with Gasteiger partial charge in [-0.05, 0) is 104 Å². The van der Waals surface area contributed by atoms with E-state index in [2.05, 4.69) is 59.2 Å². The number of carbonyl (C=O) groups is 4. The number of phenolic OH excluding ortho intramolecular Hbond substituents is 1. The van der Waals surface area contributed by atoms with E-state index < -0.39 is 41.3 Å². The second-order valence-corrected chi connectivity index (χ2v) is 19.8. The van der Waals surface area contributed by atoms with Crippen molar-refractivity contribution in [3.05, 3.63) is 71.5 Å². The predicted molar refractivity (Wildman–Crippen MR) is 251 cm³/mol. The number of phenols is 1. The number of hydrogen-bond acceptors (Lipinski definition) is 11. The molecule has 4 aliphatic rings. The van der Waals surface area contributed by atoms with Gasteiger partial charge in [-0.25, -0.2) is 5.43 Å². The van der Waals surface area contributed by atoms with Crippen molar-refractivity contribution >= 4 is 34.6 Å². The van der Waals surface area contributed by atoms with E-state index in [1.807, 2.05) is 39.0 Å². The van der Waals surface area contributed by atoms with Crippen LogP contribution in [0.25, 0.3) is 33.3 Å². The minimum atomic E-state index is -1.12. The van der Waals surface area contributed by atoms with E-state index in [4.69, 9.17) is 19.2 Å². The summed E-state index contributed by atoms with van der Waals surface area (Å²) >= 11 is 0. The number of cyclic esters (lactones) is 1. The molecule has 3 amide bonds. The third kappa shape index (κ3) is 9.58. The first kappa shape index (κ1) is 47.2. The molecule has 3 fully saturated rings. The van der Waals surface area contributed by atoms with Gasteiger partial charge < -0.3 is 34.1 Å². The number of aromatic nitrogens is 2. The number of esters is 1. The summed E-state index contributed by atoms with van der Waals surface area (Å²) in [6.07, 6.45) is 3.75. The number of fused-ring (bicyclic) bond motifs is 7. The third-order valence-electron chi connectivity index (χ3n) is 14.1. The zero-order chi connectivity index (χ0) is 47.0. The number of hydrogen-bond donors (Lipinski definition) is 3. The minimum Gasteiger partial charge on any atom is -0.508 e. The highest BCUT2D eigenvalue weighted by Gasteiger charge is 2.43. The molecule has 0 unspecified atom stereocenters. The summed E-state index contributed by atoms with van der Waals surface area (Å²) in [6, 6.07) is 13.0. The van der Waals surface area contributed by atoms with Crippen molar-refractivity contribution in [2.45, 2.75) is 110 Å². The van der Waals surface area contributed by atoms with Gasteiger partial charge in [-0.1, -0.05) is 39.8 Å². The Kier molecular flexibility index (Phi) is 13.9. The third-order valence-corrected chi connectivity index (χ3v) is 14.1. The van der Waals surface area contributed by atoms with Crippen LogP contribution >= 0.6 is 0 Å². The Labute approximate surface area is 388 Å².